The molecule has 0 aliphatic rings. The van der Waals surface area contributed by atoms with Crippen LogP contribution in [0.4, 0.5) is 0 Å². The van der Waals surface area contributed by atoms with Gasteiger partial charge in [-0.2, -0.15) is 5.10 Å². The molecule has 20 heavy (non-hydrogen) atoms. The predicted octanol–water partition coefficient (Wildman–Crippen LogP) is 3.48. The van der Waals surface area contributed by atoms with Crippen LogP contribution in [0.2, 0.25) is 0 Å². The summed E-state index contributed by atoms with van der Waals surface area (Å²) in [7, 11) is 2.00. The first-order valence-electron chi connectivity index (χ1n) is 7.01. The van der Waals surface area contributed by atoms with Crippen LogP contribution < -0.4 is 5.32 Å². The van der Waals surface area contributed by atoms with Crippen LogP contribution in [0.25, 0.3) is 0 Å². The van der Waals surface area contributed by atoms with E-state index in [0.29, 0.717) is 6.04 Å². The fourth-order valence-electron chi connectivity index (χ4n) is 2.48. The van der Waals surface area contributed by atoms with Gasteiger partial charge in [0.15, 0.2) is 0 Å². The van der Waals surface area contributed by atoms with E-state index in [2.05, 4.69) is 61.5 Å². The Labute approximate surface area is 125 Å². The number of nitrogens with one attached hydrogen (secondary N) is 1. The monoisotopic (exact) mass is 289 g/mol. The third kappa shape index (κ3) is 3.64. The van der Waals surface area contributed by atoms with Gasteiger partial charge < -0.3 is 5.32 Å². The number of aryl methyl sites for hydroxylation is 2. The molecule has 0 saturated heterocycles. The molecule has 2 rings (SSSR count). The summed E-state index contributed by atoms with van der Waals surface area (Å²) in [4.78, 5) is 1.33. The summed E-state index contributed by atoms with van der Waals surface area (Å²) in [6.07, 6.45) is 0. The topological polar surface area (TPSA) is 29.9 Å². The zero-order chi connectivity index (χ0) is 14.5. The normalized spacial score (nSPS) is 12.6. The van der Waals surface area contributed by atoms with Crippen molar-refractivity contribution in [3.8, 4) is 0 Å². The van der Waals surface area contributed by atoms with Crippen molar-refractivity contribution in [2.75, 3.05) is 12.3 Å². The van der Waals surface area contributed by atoms with Crippen molar-refractivity contribution in [2.45, 2.75) is 31.7 Å². The molecule has 1 aromatic heterocycles. The van der Waals surface area contributed by atoms with E-state index in [4.69, 9.17) is 0 Å². The van der Waals surface area contributed by atoms with Crippen LogP contribution in [0.1, 0.15) is 29.9 Å². The van der Waals surface area contributed by atoms with Crippen molar-refractivity contribution in [1.29, 1.82) is 0 Å². The van der Waals surface area contributed by atoms with Gasteiger partial charge in [0, 0.05) is 41.5 Å². The highest BCUT2D eigenvalue weighted by Gasteiger charge is 2.15. The number of hydrogen-bond donors (Lipinski definition) is 1. The highest BCUT2D eigenvalue weighted by molar-refractivity contribution is 7.99. The van der Waals surface area contributed by atoms with Crippen LogP contribution in [0.3, 0.4) is 0 Å². The van der Waals surface area contributed by atoms with E-state index >= 15 is 0 Å². The van der Waals surface area contributed by atoms with E-state index in [-0.39, 0.29) is 0 Å². The van der Waals surface area contributed by atoms with Gasteiger partial charge in [0.1, 0.15) is 0 Å². The van der Waals surface area contributed by atoms with E-state index < -0.39 is 0 Å². The Kier molecular flexibility index (Phi) is 5.26. The summed E-state index contributed by atoms with van der Waals surface area (Å²) in [5.74, 6) is 1.08. The molecule has 1 N–H and O–H groups in total. The van der Waals surface area contributed by atoms with E-state index in [1.807, 2.05) is 23.5 Å². The van der Waals surface area contributed by atoms with Gasteiger partial charge in [-0.15, -0.1) is 11.8 Å². The van der Waals surface area contributed by atoms with Crippen molar-refractivity contribution in [1.82, 2.24) is 15.1 Å². The maximum absolute atomic E-state index is 4.48. The molecule has 2 aromatic rings. The highest BCUT2D eigenvalue weighted by atomic mass is 32.2. The first kappa shape index (κ1) is 15.1. The molecule has 108 valence electrons. The van der Waals surface area contributed by atoms with Gasteiger partial charge in [-0.3, -0.25) is 4.68 Å². The highest BCUT2D eigenvalue weighted by Crippen LogP contribution is 2.21. The van der Waals surface area contributed by atoms with Gasteiger partial charge in [-0.1, -0.05) is 18.2 Å². The second kappa shape index (κ2) is 6.95. The summed E-state index contributed by atoms with van der Waals surface area (Å²) in [5.41, 5.74) is 3.70. The third-order valence-corrected chi connectivity index (χ3v) is 4.58. The molecule has 4 heteroatoms. The van der Waals surface area contributed by atoms with Gasteiger partial charge in [-0.05, 0) is 32.9 Å². The molecule has 1 unspecified atom stereocenters. The van der Waals surface area contributed by atoms with Crippen LogP contribution in [0, 0.1) is 13.8 Å². The van der Waals surface area contributed by atoms with Crippen LogP contribution >= 0.6 is 11.8 Å². The quantitative estimate of drug-likeness (QED) is 0.652. The molecule has 3 nitrogen and oxygen atoms in total. The summed E-state index contributed by atoms with van der Waals surface area (Å²) >= 11 is 1.89. The lowest BCUT2D eigenvalue weighted by atomic mass is 10.1. The molecule has 0 fully saturated rings. The Bertz CT molecular complexity index is 548. The summed E-state index contributed by atoms with van der Waals surface area (Å²) in [5, 5.41) is 8.07. The lowest BCUT2D eigenvalue weighted by Crippen LogP contribution is -2.22. The molecule has 0 saturated carbocycles. The maximum Gasteiger partial charge on any atom is 0.0644 e. The summed E-state index contributed by atoms with van der Waals surface area (Å²) in [6, 6.07) is 10.9. The van der Waals surface area contributed by atoms with E-state index in [1.54, 1.807) is 0 Å². The molecular formula is C16H23N3S. The molecule has 1 heterocycles. The second-order valence-electron chi connectivity index (χ2n) is 5.05. The van der Waals surface area contributed by atoms with Crippen molar-refractivity contribution < 1.29 is 0 Å². The SMILES string of the molecule is Cc1nn(C)c(C)c1C(C)NCCSc1ccccc1. The van der Waals surface area contributed by atoms with Crippen molar-refractivity contribution >= 4 is 11.8 Å². The Balaban J connectivity index is 1.82. The zero-order valence-corrected chi connectivity index (χ0v) is 13.5. The fourth-order valence-corrected chi connectivity index (χ4v) is 3.28. The molecule has 1 aromatic carbocycles. The molecule has 0 aliphatic carbocycles. The van der Waals surface area contributed by atoms with Gasteiger partial charge in [0.25, 0.3) is 0 Å². The Hall–Kier alpha value is -1.26. The first-order valence-corrected chi connectivity index (χ1v) is 7.99. The van der Waals surface area contributed by atoms with Gasteiger partial charge in [0.2, 0.25) is 0 Å². The number of hydrogen-bond acceptors (Lipinski definition) is 3. The molecule has 0 spiro atoms. The number of rotatable bonds is 6. The Morgan fingerprint density at radius 3 is 2.55 bits per heavy atom. The number of nitrogens with zero attached hydrogens (tertiary/aromatic N) is 2. The van der Waals surface area contributed by atoms with Gasteiger partial charge in [-0.25, -0.2) is 0 Å². The molecule has 0 bridgehead atoms. The molecular weight excluding hydrogens is 266 g/mol. The average molecular weight is 289 g/mol. The van der Waals surface area contributed by atoms with Crippen molar-refractivity contribution in [3.05, 3.63) is 47.3 Å². The largest absolute Gasteiger partial charge is 0.309 e. The zero-order valence-electron chi connectivity index (χ0n) is 12.7. The molecule has 0 aliphatic heterocycles. The number of thioether (sulfide) groups is 1. The standard InChI is InChI=1S/C16H23N3S/c1-12(16-13(2)18-19(4)14(16)3)17-10-11-20-15-8-6-5-7-9-15/h5-9,12,17H,10-11H2,1-4H3. The minimum Gasteiger partial charge on any atom is -0.309 e. The van der Waals surface area contributed by atoms with Crippen molar-refractivity contribution in [3.63, 3.8) is 0 Å². The smallest absolute Gasteiger partial charge is 0.0644 e. The van der Waals surface area contributed by atoms with E-state index in [9.17, 15) is 0 Å². The van der Waals surface area contributed by atoms with E-state index in [0.717, 1.165) is 18.0 Å². The summed E-state index contributed by atoms with van der Waals surface area (Å²) in [6.45, 7) is 7.42. The lowest BCUT2D eigenvalue weighted by molar-refractivity contribution is 0.594. The van der Waals surface area contributed by atoms with Crippen LogP contribution in [0.15, 0.2) is 35.2 Å². The Morgan fingerprint density at radius 1 is 1.25 bits per heavy atom. The predicted molar refractivity (Wildman–Crippen MR) is 86.3 cm³/mol. The maximum atomic E-state index is 4.48. The lowest BCUT2D eigenvalue weighted by Gasteiger charge is -2.14. The molecule has 0 amide bonds. The Morgan fingerprint density at radius 2 is 1.95 bits per heavy atom. The van der Waals surface area contributed by atoms with Gasteiger partial charge >= 0.3 is 0 Å². The number of aromatic nitrogens is 2. The third-order valence-electron chi connectivity index (χ3n) is 3.56. The minimum atomic E-state index is 0.347. The number of benzene rings is 1. The average Bonchev–Trinajstić information content (AvgIpc) is 2.69. The van der Waals surface area contributed by atoms with Gasteiger partial charge in [0.05, 0.1) is 5.69 Å². The first-order chi connectivity index (χ1) is 9.59. The summed E-state index contributed by atoms with van der Waals surface area (Å²) < 4.78 is 1.96. The second-order valence-corrected chi connectivity index (χ2v) is 6.21. The van der Waals surface area contributed by atoms with Crippen LogP contribution in [-0.2, 0) is 7.05 Å². The molecule has 0 radical (unpaired) electrons. The molecule has 1 atom stereocenters. The van der Waals surface area contributed by atoms with E-state index in [1.165, 1.54) is 16.2 Å². The minimum absolute atomic E-state index is 0.347. The van der Waals surface area contributed by atoms with Crippen LogP contribution in [0.5, 0.6) is 0 Å². The fraction of sp³-hybridized carbons (Fsp3) is 0.438. The van der Waals surface area contributed by atoms with Crippen LogP contribution in [-0.4, -0.2) is 22.1 Å². The van der Waals surface area contributed by atoms with Crippen molar-refractivity contribution in [2.24, 2.45) is 7.05 Å².